The third-order valence-electron chi connectivity index (χ3n) is 7.23. The van der Waals surface area contributed by atoms with Crippen LogP contribution in [0.25, 0.3) is 0 Å². The Morgan fingerprint density at radius 3 is 2.89 bits per heavy atom. The minimum Gasteiger partial charge on any atom is -0.330 e. The third kappa shape index (κ3) is 1.17. The molecule has 2 heteroatoms. The molecule has 6 unspecified atom stereocenters. The fourth-order valence-electron chi connectivity index (χ4n) is 6.48. The van der Waals surface area contributed by atoms with Crippen molar-refractivity contribution in [3.63, 3.8) is 0 Å². The lowest BCUT2D eigenvalue weighted by atomic mass is 9.81. The summed E-state index contributed by atoms with van der Waals surface area (Å²) in [4.78, 5) is 0. The Hall–Kier alpha value is -0.0800. The van der Waals surface area contributed by atoms with E-state index in [1.54, 1.807) is 19.3 Å². The molecule has 0 amide bonds. The van der Waals surface area contributed by atoms with E-state index in [0.29, 0.717) is 0 Å². The number of hydrogen-bond acceptors (Lipinski definition) is 2. The number of nitrogens with two attached hydrogens (primary N) is 1. The minimum atomic E-state index is 0.812. The second kappa shape index (κ2) is 3.73. The van der Waals surface area contributed by atoms with Crippen molar-refractivity contribution in [1.29, 1.82) is 0 Å². The molecule has 0 aromatic rings. The van der Waals surface area contributed by atoms with Crippen molar-refractivity contribution in [3.05, 3.63) is 0 Å². The van der Waals surface area contributed by atoms with E-state index in [-0.39, 0.29) is 0 Å². The lowest BCUT2D eigenvalue weighted by molar-refractivity contribution is 0.260. The van der Waals surface area contributed by atoms with Crippen molar-refractivity contribution in [2.24, 2.45) is 40.2 Å². The van der Waals surface area contributed by atoms with Gasteiger partial charge in [-0.25, -0.2) is 0 Å². The zero-order chi connectivity index (χ0) is 12.4. The zero-order valence-corrected chi connectivity index (χ0v) is 11.8. The van der Waals surface area contributed by atoms with Crippen LogP contribution < -0.4 is 11.1 Å². The molecule has 0 saturated heterocycles. The predicted molar refractivity (Wildman–Crippen MR) is 74.1 cm³/mol. The fraction of sp³-hybridized carbons (Fsp3) is 1.00. The molecule has 0 radical (unpaired) electrons. The molecular weight excluding hydrogens is 220 g/mol. The summed E-state index contributed by atoms with van der Waals surface area (Å²) >= 11 is 0. The van der Waals surface area contributed by atoms with Crippen LogP contribution in [0.2, 0.25) is 0 Å². The van der Waals surface area contributed by atoms with E-state index >= 15 is 0 Å². The number of rotatable bonds is 6. The highest BCUT2D eigenvalue weighted by molar-refractivity contribution is 5.41. The monoisotopic (exact) mass is 248 g/mol. The molecule has 2 nitrogen and oxygen atoms in total. The Morgan fingerprint density at radius 2 is 2.17 bits per heavy atom. The summed E-state index contributed by atoms with van der Waals surface area (Å²) in [5.41, 5.74) is 7.42. The van der Waals surface area contributed by atoms with Crippen molar-refractivity contribution < 1.29 is 0 Å². The van der Waals surface area contributed by atoms with E-state index in [1.165, 1.54) is 25.8 Å². The van der Waals surface area contributed by atoms with E-state index in [4.69, 9.17) is 5.73 Å². The Bertz CT molecular complexity index is 355. The first-order chi connectivity index (χ1) is 8.80. The lowest BCUT2D eigenvalue weighted by Crippen LogP contribution is -2.26. The van der Waals surface area contributed by atoms with Gasteiger partial charge in [-0.05, 0) is 92.7 Å². The first-order valence-corrected chi connectivity index (χ1v) is 8.21. The number of fused-ring (bicyclic) bond motifs is 2. The van der Waals surface area contributed by atoms with E-state index in [9.17, 15) is 0 Å². The van der Waals surface area contributed by atoms with Gasteiger partial charge in [0.2, 0.25) is 0 Å². The number of nitrogens with one attached hydrogen (secondary N) is 1. The van der Waals surface area contributed by atoms with Crippen LogP contribution in [0.1, 0.15) is 45.4 Å². The van der Waals surface area contributed by atoms with E-state index in [1.807, 2.05) is 0 Å². The Morgan fingerprint density at radius 1 is 1.28 bits per heavy atom. The van der Waals surface area contributed by atoms with Crippen LogP contribution in [0, 0.1) is 34.5 Å². The zero-order valence-electron chi connectivity index (χ0n) is 11.8. The standard InChI is InChI=1S/C16H28N2/c1-2-18-10-11-4-5-13-12(11)8-15(6-3-7-17)14-9-16(13,14)15/h11-14,18H,2-10,17H2,1H3. The largest absolute Gasteiger partial charge is 0.330 e. The molecule has 4 aliphatic rings. The SMILES string of the molecule is CCNCC1CCC2C1CC1(CCCN)C3CC231. The topological polar surface area (TPSA) is 38.0 Å². The molecule has 3 N–H and O–H groups in total. The molecule has 0 aromatic carbocycles. The molecule has 0 heterocycles. The quantitative estimate of drug-likeness (QED) is 0.757. The van der Waals surface area contributed by atoms with Crippen molar-refractivity contribution in [3.8, 4) is 0 Å². The average Bonchev–Trinajstić information content (AvgIpc) is 3.16. The molecule has 102 valence electrons. The molecule has 4 aliphatic carbocycles. The van der Waals surface area contributed by atoms with Gasteiger partial charge in [0.25, 0.3) is 0 Å². The predicted octanol–water partition coefficient (Wildman–Crippen LogP) is 2.39. The van der Waals surface area contributed by atoms with E-state index in [2.05, 4.69) is 12.2 Å². The maximum absolute atomic E-state index is 5.74. The molecule has 18 heavy (non-hydrogen) atoms. The van der Waals surface area contributed by atoms with Gasteiger partial charge in [-0.15, -0.1) is 0 Å². The summed E-state index contributed by atoms with van der Waals surface area (Å²) in [6.45, 7) is 5.56. The van der Waals surface area contributed by atoms with Gasteiger partial charge in [0.15, 0.2) is 0 Å². The van der Waals surface area contributed by atoms with Crippen LogP contribution in [-0.2, 0) is 0 Å². The van der Waals surface area contributed by atoms with Crippen molar-refractivity contribution in [2.45, 2.75) is 45.4 Å². The molecule has 0 bridgehead atoms. The van der Waals surface area contributed by atoms with Crippen LogP contribution in [0.15, 0.2) is 0 Å². The highest BCUT2D eigenvalue weighted by Crippen LogP contribution is 2.99. The van der Waals surface area contributed by atoms with Gasteiger partial charge in [-0.2, -0.15) is 0 Å². The highest BCUT2D eigenvalue weighted by atomic mass is 15.0. The third-order valence-corrected chi connectivity index (χ3v) is 7.23. The molecule has 4 rings (SSSR count). The van der Waals surface area contributed by atoms with E-state index < -0.39 is 0 Å². The maximum atomic E-state index is 5.74. The van der Waals surface area contributed by atoms with Gasteiger partial charge in [0.05, 0.1) is 0 Å². The van der Waals surface area contributed by atoms with Gasteiger partial charge in [0, 0.05) is 0 Å². The smallest absolute Gasteiger partial charge is 0.00179 e. The van der Waals surface area contributed by atoms with Crippen LogP contribution in [0.5, 0.6) is 0 Å². The molecule has 0 aromatic heterocycles. The van der Waals surface area contributed by atoms with Crippen molar-refractivity contribution >= 4 is 0 Å². The molecule has 4 saturated carbocycles. The lowest BCUT2D eigenvalue weighted by Gasteiger charge is -2.25. The summed E-state index contributed by atoms with van der Waals surface area (Å²) in [5.74, 6) is 4.33. The Labute approximate surface area is 111 Å². The van der Waals surface area contributed by atoms with Crippen molar-refractivity contribution in [1.82, 2.24) is 5.32 Å². The summed E-state index contributed by atoms with van der Waals surface area (Å²) in [6.07, 6.45) is 8.93. The van der Waals surface area contributed by atoms with Gasteiger partial charge in [0.1, 0.15) is 0 Å². The van der Waals surface area contributed by atoms with Gasteiger partial charge >= 0.3 is 0 Å². The fourth-order valence-corrected chi connectivity index (χ4v) is 6.48. The van der Waals surface area contributed by atoms with Crippen LogP contribution in [0.4, 0.5) is 0 Å². The molecular formula is C16H28N2. The van der Waals surface area contributed by atoms with Gasteiger partial charge in [-0.3, -0.25) is 0 Å². The van der Waals surface area contributed by atoms with E-state index in [0.717, 1.165) is 47.6 Å². The maximum Gasteiger partial charge on any atom is -0.00179 e. The second-order valence-electron chi connectivity index (χ2n) is 7.47. The first-order valence-electron chi connectivity index (χ1n) is 8.21. The summed E-state index contributed by atoms with van der Waals surface area (Å²) < 4.78 is 0. The van der Waals surface area contributed by atoms with Crippen LogP contribution >= 0.6 is 0 Å². The summed E-state index contributed by atoms with van der Waals surface area (Å²) in [6, 6.07) is 0. The minimum absolute atomic E-state index is 0.812. The second-order valence-corrected chi connectivity index (χ2v) is 7.47. The summed E-state index contributed by atoms with van der Waals surface area (Å²) in [5, 5.41) is 3.59. The molecule has 6 atom stereocenters. The van der Waals surface area contributed by atoms with Gasteiger partial charge in [-0.1, -0.05) is 6.92 Å². The van der Waals surface area contributed by atoms with Gasteiger partial charge < -0.3 is 11.1 Å². The Kier molecular flexibility index (Phi) is 2.43. The van der Waals surface area contributed by atoms with Crippen LogP contribution in [0.3, 0.4) is 0 Å². The Balaban J connectivity index is 1.46. The highest BCUT2D eigenvalue weighted by Gasteiger charge is 2.93. The number of hydrogen-bond donors (Lipinski definition) is 2. The van der Waals surface area contributed by atoms with Crippen LogP contribution in [-0.4, -0.2) is 19.6 Å². The summed E-state index contributed by atoms with van der Waals surface area (Å²) in [7, 11) is 0. The first kappa shape index (κ1) is 11.7. The van der Waals surface area contributed by atoms with Crippen molar-refractivity contribution in [2.75, 3.05) is 19.6 Å². The average molecular weight is 248 g/mol. The normalized spacial score (nSPS) is 55.0. The molecule has 0 aliphatic heterocycles. The molecule has 4 fully saturated rings. The molecule has 1 spiro atoms.